The zero-order chi connectivity index (χ0) is 41.1. The Hall–Kier alpha value is -4.97. The minimum atomic E-state index is -1.03. The van der Waals surface area contributed by atoms with Gasteiger partial charge in [-0.3, -0.25) is 34.2 Å². The van der Waals surface area contributed by atoms with Gasteiger partial charge in [0.25, 0.3) is 11.8 Å². The Balaban J connectivity index is 0.672. The average molecular weight is 818 g/mol. The van der Waals surface area contributed by atoms with Crippen LogP contribution in [-0.2, 0) is 41.7 Å². The van der Waals surface area contributed by atoms with Crippen LogP contribution >= 0.6 is 0 Å². The summed E-state index contributed by atoms with van der Waals surface area (Å²) >= 11 is 0. The molecule has 17 heteroatoms. The van der Waals surface area contributed by atoms with Crippen LogP contribution in [0.25, 0.3) is 0 Å². The van der Waals surface area contributed by atoms with Gasteiger partial charge in [-0.15, -0.1) is 0 Å². The second-order valence-electron chi connectivity index (χ2n) is 16.9. The average Bonchev–Trinajstić information content (AvgIpc) is 3.73. The number of ether oxygens (including phenoxy) is 3. The molecule has 316 valence electrons. The quantitative estimate of drug-likeness (QED) is 0.109. The van der Waals surface area contributed by atoms with Crippen molar-refractivity contribution in [3.05, 3.63) is 64.5 Å². The molecule has 3 aliphatic heterocycles. The summed E-state index contributed by atoms with van der Waals surface area (Å²) in [6.07, 6.45) is 6.00. The number of hydrogen-bond acceptors (Lipinski definition) is 11. The fourth-order valence-corrected chi connectivity index (χ4v) is 10.5. The van der Waals surface area contributed by atoms with Crippen molar-refractivity contribution in [2.24, 2.45) is 11.8 Å². The first kappa shape index (κ1) is 40.8. The SMILES string of the molecule is O=C1CCC(N2C(=O)c3cccc(NCCOCCOCCOCCNC(=O)NC45CC6CC(CC(NCC(=O)N7Cc8ccc(F)cc8C7)(C6)C4)C5)c3C2=O)C(=O)N1. The van der Waals surface area contributed by atoms with Gasteiger partial charge in [-0.25, -0.2) is 9.18 Å². The van der Waals surface area contributed by atoms with Crippen LogP contribution in [0.15, 0.2) is 36.4 Å². The van der Waals surface area contributed by atoms with Crippen molar-refractivity contribution >= 4 is 41.3 Å². The summed E-state index contributed by atoms with van der Waals surface area (Å²) in [5, 5.41) is 15.2. The van der Waals surface area contributed by atoms with Crippen molar-refractivity contribution in [1.82, 2.24) is 31.1 Å². The lowest BCUT2D eigenvalue weighted by Crippen LogP contribution is -2.70. The number of benzene rings is 2. The number of rotatable bonds is 18. The highest BCUT2D eigenvalue weighted by Crippen LogP contribution is 2.57. The first-order valence-electron chi connectivity index (χ1n) is 20.7. The van der Waals surface area contributed by atoms with Gasteiger partial charge >= 0.3 is 6.03 Å². The van der Waals surface area contributed by atoms with Crippen molar-refractivity contribution in [3.63, 3.8) is 0 Å². The van der Waals surface area contributed by atoms with Crippen molar-refractivity contribution in [2.75, 3.05) is 64.6 Å². The smallest absolute Gasteiger partial charge is 0.315 e. The number of imide groups is 2. The summed E-state index contributed by atoms with van der Waals surface area (Å²) in [5.74, 6) is -1.48. The van der Waals surface area contributed by atoms with Crippen LogP contribution in [0.3, 0.4) is 0 Å². The van der Waals surface area contributed by atoms with Gasteiger partial charge in [0, 0.05) is 49.4 Å². The number of amides is 7. The Bertz CT molecular complexity index is 1980. The molecule has 16 nitrogen and oxygen atoms in total. The number of carbonyl (C=O) groups is 6. The summed E-state index contributed by atoms with van der Waals surface area (Å²) in [6.45, 7) is 3.91. The van der Waals surface area contributed by atoms with Crippen molar-refractivity contribution in [1.29, 1.82) is 0 Å². The number of nitrogens with one attached hydrogen (secondary N) is 5. The van der Waals surface area contributed by atoms with E-state index >= 15 is 0 Å². The monoisotopic (exact) mass is 817 g/mol. The molecular weight excluding hydrogens is 765 g/mol. The number of fused-ring (bicyclic) bond motifs is 2. The van der Waals surface area contributed by atoms with Gasteiger partial charge < -0.3 is 40.4 Å². The van der Waals surface area contributed by atoms with Crippen LogP contribution in [-0.4, -0.2) is 122 Å². The molecule has 3 atom stereocenters. The molecule has 0 radical (unpaired) electrons. The Kier molecular flexibility index (Phi) is 12.0. The maximum Gasteiger partial charge on any atom is 0.315 e. The third-order valence-electron chi connectivity index (χ3n) is 12.6. The van der Waals surface area contributed by atoms with E-state index in [-0.39, 0.29) is 59.3 Å². The number of urea groups is 1. The van der Waals surface area contributed by atoms with Crippen LogP contribution in [0.4, 0.5) is 14.9 Å². The molecule has 7 aliphatic rings. The third kappa shape index (κ3) is 8.98. The second-order valence-corrected chi connectivity index (χ2v) is 16.9. The van der Waals surface area contributed by atoms with E-state index in [4.69, 9.17) is 14.2 Å². The van der Waals surface area contributed by atoms with Gasteiger partial charge in [0.2, 0.25) is 17.7 Å². The molecule has 4 aliphatic carbocycles. The fraction of sp³-hybridized carbons (Fsp3) is 0.571. The largest absolute Gasteiger partial charge is 0.382 e. The van der Waals surface area contributed by atoms with E-state index < -0.39 is 29.7 Å². The van der Waals surface area contributed by atoms with Crippen LogP contribution in [0.1, 0.15) is 83.2 Å². The van der Waals surface area contributed by atoms with Gasteiger partial charge in [0.05, 0.1) is 57.3 Å². The predicted octanol–water partition coefficient (Wildman–Crippen LogP) is 2.21. The summed E-state index contributed by atoms with van der Waals surface area (Å²) in [5.41, 5.74) is 2.23. The first-order valence-corrected chi connectivity index (χ1v) is 20.7. The van der Waals surface area contributed by atoms with Gasteiger partial charge in [-0.1, -0.05) is 12.1 Å². The zero-order valence-electron chi connectivity index (χ0n) is 33.1. The number of hydrogen-bond donors (Lipinski definition) is 5. The first-order chi connectivity index (χ1) is 28.5. The van der Waals surface area contributed by atoms with E-state index in [1.165, 1.54) is 12.1 Å². The molecule has 3 heterocycles. The molecule has 5 N–H and O–H groups in total. The highest BCUT2D eigenvalue weighted by molar-refractivity contribution is 6.25. The van der Waals surface area contributed by atoms with E-state index in [1.807, 2.05) is 0 Å². The van der Waals surface area contributed by atoms with E-state index in [2.05, 4.69) is 26.6 Å². The molecule has 9 rings (SSSR count). The number of carbonyl (C=O) groups excluding carboxylic acids is 6. The van der Waals surface area contributed by atoms with Gasteiger partial charge in [0.1, 0.15) is 11.9 Å². The highest BCUT2D eigenvalue weighted by atomic mass is 19.1. The molecule has 2 aromatic carbocycles. The highest BCUT2D eigenvalue weighted by Gasteiger charge is 2.58. The Labute approximate surface area is 341 Å². The molecule has 0 aromatic heterocycles. The van der Waals surface area contributed by atoms with Crippen LogP contribution in [0.5, 0.6) is 0 Å². The Morgan fingerprint density at radius 2 is 1.53 bits per heavy atom. The predicted molar refractivity (Wildman–Crippen MR) is 209 cm³/mol. The number of halogens is 1. The number of anilines is 1. The lowest BCUT2D eigenvalue weighted by Gasteiger charge is -2.62. The Morgan fingerprint density at radius 3 is 2.27 bits per heavy atom. The van der Waals surface area contributed by atoms with Gasteiger partial charge in [0.15, 0.2) is 0 Å². The fourth-order valence-electron chi connectivity index (χ4n) is 10.5. The zero-order valence-corrected chi connectivity index (χ0v) is 33.1. The Morgan fingerprint density at radius 1 is 0.831 bits per heavy atom. The van der Waals surface area contributed by atoms with Crippen LogP contribution in [0.2, 0.25) is 0 Å². The van der Waals surface area contributed by atoms with E-state index in [0.29, 0.717) is 83.3 Å². The molecule has 59 heavy (non-hydrogen) atoms. The van der Waals surface area contributed by atoms with E-state index in [9.17, 15) is 33.2 Å². The standard InChI is InChI=1S/C42H52FN7O9/c43-30-5-4-28-23-49(24-29(28)17-30)35(52)22-46-41-18-26-16-27(19-41)21-42(20-26,25-41)48-40(56)45-9-11-58-13-15-59-14-12-57-10-8-44-32-3-1-2-31-36(32)39(55)50(38(31)54)33-6-7-34(51)47-37(33)53/h1-5,17,26-27,33,44,46H,6-16,18-25H2,(H2,45,48,56)(H,47,51,53). The molecule has 5 fully saturated rings. The maximum atomic E-state index is 13.7. The molecule has 3 unspecified atom stereocenters. The van der Waals surface area contributed by atoms with E-state index in [1.54, 1.807) is 29.2 Å². The van der Waals surface area contributed by atoms with Gasteiger partial charge in [-0.2, -0.15) is 0 Å². The molecule has 0 spiro atoms. The molecule has 7 amide bonds. The second kappa shape index (κ2) is 17.3. The van der Waals surface area contributed by atoms with E-state index in [0.717, 1.165) is 54.6 Å². The normalized spacial score (nSPS) is 26.6. The number of nitrogens with zero attached hydrogens (tertiary/aromatic N) is 2. The van der Waals surface area contributed by atoms with Gasteiger partial charge in [-0.05, 0) is 92.2 Å². The van der Waals surface area contributed by atoms with Crippen molar-refractivity contribution < 1.29 is 47.4 Å². The molecule has 4 saturated carbocycles. The summed E-state index contributed by atoms with van der Waals surface area (Å²) in [4.78, 5) is 79.1. The molecule has 2 aromatic rings. The third-order valence-corrected chi connectivity index (χ3v) is 12.6. The van der Waals surface area contributed by atoms with Crippen LogP contribution in [0, 0.1) is 17.7 Å². The summed E-state index contributed by atoms with van der Waals surface area (Å²) in [6, 6.07) is 8.37. The minimum absolute atomic E-state index is 0.0111. The molecule has 1 saturated heterocycles. The topological polar surface area (TPSA) is 197 Å². The maximum absolute atomic E-state index is 13.7. The summed E-state index contributed by atoms with van der Waals surface area (Å²) in [7, 11) is 0. The van der Waals surface area contributed by atoms with Crippen molar-refractivity contribution in [2.45, 2.75) is 81.6 Å². The summed E-state index contributed by atoms with van der Waals surface area (Å²) < 4.78 is 30.6. The van der Waals surface area contributed by atoms with Crippen LogP contribution < -0.4 is 26.6 Å². The number of piperidine rings is 1. The molecular formula is C42H52FN7O9. The molecule has 4 bridgehead atoms. The van der Waals surface area contributed by atoms with Crippen molar-refractivity contribution in [3.8, 4) is 0 Å². The lowest BCUT2D eigenvalue weighted by atomic mass is 9.50. The lowest BCUT2D eigenvalue weighted by molar-refractivity contribution is -0.136. The minimum Gasteiger partial charge on any atom is -0.382 e.